The van der Waals surface area contributed by atoms with Crippen molar-refractivity contribution in [3.63, 3.8) is 0 Å². The Balaban J connectivity index is 1.68. The number of ether oxygens (including phenoxy) is 1. The van der Waals surface area contributed by atoms with Crippen LogP contribution in [0.1, 0.15) is 9.67 Å². The number of amides is 2. The van der Waals surface area contributed by atoms with Gasteiger partial charge in [-0.2, -0.15) is 0 Å². The van der Waals surface area contributed by atoms with Crippen molar-refractivity contribution in [1.29, 1.82) is 0 Å². The lowest BCUT2D eigenvalue weighted by Crippen LogP contribution is -2.39. The third kappa shape index (κ3) is 5.58. The molecule has 0 bridgehead atoms. The highest BCUT2D eigenvalue weighted by atomic mass is 35.5. The summed E-state index contributed by atoms with van der Waals surface area (Å²) in [7, 11) is 1.67. The van der Waals surface area contributed by atoms with E-state index in [1.165, 1.54) is 16.2 Å². The van der Waals surface area contributed by atoms with E-state index in [0.29, 0.717) is 28.8 Å². The second-order valence-corrected chi connectivity index (χ2v) is 6.16. The van der Waals surface area contributed by atoms with E-state index in [9.17, 15) is 9.59 Å². The number of halogens is 1. The predicted octanol–water partition coefficient (Wildman–Crippen LogP) is 2.67. The van der Waals surface area contributed by atoms with Gasteiger partial charge in [0.25, 0.3) is 5.91 Å². The molecular weight excluding hydrogens is 336 g/mol. The maximum absolute atomic E-state index is 11.9. The van der Waals surface area contributed by atoms with Crippen molar-refractivity contribution in [3.8, 4) is 5.75 Å². The van der Waals surface area contributed by atoms with Gasteiger partial charge in [0.15, 0.2) is 0 Å². The van der Waals surface area contributed by atoms with Crippen LogP contribution in [0, 0.1) is 0 Å². The zero-order chi connectivity index (χ0) is 16.7. The van der Waals surface area contributed by atoms with E-state index >= 15 is 0 Å². The van der Waals surface area contributed by atoms with Crippen LogP contribution in [0.3, 0.4) is 0 Å². The van der Waals surface area contributed by atoms with Crippen molar-refractivity contribution in [1.82, 2.24) is 10.2 Å². The lowest BCUT2D eigenvalue weighted by Gasteiger charge is -2.17. The molecule has 5 nitrogen and oxygen atoms in total. The van der Waals surface area contributed by atoms with Crippen molar-refractivity contribution < 1.29 is 14.3 Å². The van der Waals surface area contributed by atoms with E-state index in [-0.39, 0.29) is 18.4 Å². The molecule has 1 heterocycles. The van der Waals surface area contributed by atoms with Crippen LogP contribution in [-0.2, 0) is 4.79 Å². The largest absolute Gasteiger partial charge is 0.492 e. The Morgan fingerprint density at radius 2 is 2.00 bits per heavy atom. The van der Waals surface area contributed by atoms with Gasteiger partial charge in [-0.15, -0.1) is 11.3 Å². The highest BCUT2D eigenvalue weighted by molar-refractivity contribution is 7.12. The van der Waals surface area contributed by atoms with Crippen LogP contribution in [0.25, 0.3) is 0 Å². The Bertz CT molecular complexity index is 644. The summed E-state index contributed by atoms with van der Waals surface area (Å²) in [6.07, 6.45) is 0. The second kappa shape index (κ2) is 8.55. The molecule has 1 N–H and O–H groups in total. The normalized spacial score (nSPS) is 10.2. The summed E-state index contributed by atoms with van der Waals surface area (Å²) < 4.78 is 5.53. The zero-order valence-electron chi connectivity index (χ0n) is 12.6. The van der Waals surface area contributed by atoms with Crippen LogP contribution >= 0.6 is 22.9 Å². The number of hydrogen-bond donors (Lipinski definition) is 1. The van der Waals surface area contributed by atoms with Gasteiger partial charge in [0.05, 0.1) is 18.0 Å². The number of benzene rings is 1. The highest BCUT2D eigenvalue weighted by Crippen LogP contribution is 2.15. The van der Waals surface area contributed by atoms with Gasteiger partial charge in [0.2, 0.25) is 5.91 Å². The van der Waals surface area contributed by atoms with Gasteiger partial charge >= 0.3 is 0 Å². The molecular formula is C16H17ClN2O3S. The number of nitrogens with zero attached hydrogens (tertiary/aromatic N) is 1. The second-order valence-electron chi connectivity index (χ2n) is 4.78. The fourth-order valence-corrected chi connectivity index (χ4v) is 2.51. The van der Waals surface area contributed by atoms with Gasteiger partial charge in [-0.05, 0) is 35.7 Å². The van der Waals surface area contributed by atoms with Gasteiger partial charge in [0, 0.05) is 12.1 Å². The lowest BCUT2D eigenvalue weighted by atomic mass is 10.3. The molecule has 122 valence electrons. The zero-order valence-corrected chi connectivity index (χ0v) is 14.2. The van der Waals surface area contributed by atoms with E-state index in [4.69, 9.17) is 16.3 Å². The molecule has 0 fully saturated rings. The van der Waals surface area contributed by atoms with Gasteiger partial charge in [-0.1, -0.05) is 17.7 Å². The first-order valence-electron chi connectivity index (χ1n) is 7.00. The first kappa shape index (κ1) is 17.3. The fourth-order valence-electron chi connectivity index (χ4n) is 1.74. The Kier molecular flexibility index (Phi) is 6.43. The van der Waals surface area contributed by atoms with E-state index in [1.54, 1.807) is 43.4 Å². The average Bonchev–Trinajstić information content (AvgIpc) is 3.08. The van der Waals surface area contributed by atoms with Crippen LogP contribution in [0.4, 0.5) is 0 Å². The van der Waals surface area contributed by atoms with Gasteiger partial charge < -0.3 is 15.0 Å². The summed E-state index contributed by atoms with van der Waals surface area (Å²) >= 11 is 7.13. The highest BCUT2D eigenvalue weighted by Gasteiger charge is 2.12. The minimum Gasteiger partial charge on any atom is -0.492 e. The Morgan fingerprint density at radius 1 is 1.26 bits per heavy atom. The number of thiophene rings is 1. The SMILES string of the molecule is CN(CCOc1ccc(Cl)cc1)C(=O)CNC(=O)c1cccs1. The third-order valence-corrected chi connectivity index (χ3v) is 4.20. The summed E-state index contributed by atoms with van der Waals surface area (Å²) in [6, 6.07) is 10.5. The van der Waals surface area contributed by atoms with Crippen LogP contribution < -0.4 is 10.1 Å². The summed E-state index contributed by atoms with van der Waals surface area (Å²) in [4.78, 5) is 25.8. The van der Waals surface area contributed by atoms with Crippen molar-refractivity contribution in [3.05, 3.63) is 51.7 Å². The summed E-state index contributed by atoms with van der Waals surface area (Å²) in [5, 5.41) is 5.07. The lowest BCUT2D eigenvalue weighted by molar-refractivity contribution is -0.129. The number of carbonyl (C=O) groups excluding carboxylic acids is 2. The van der Waals surface area contributed by atoms with Crippen LogP contribution in [0.5, 0.6) is 5.75 Å². The Labute approximate surface area is 143 Å². The molecule has 0 atom stereocenters. The van der Waals surface area contributed by atoms with E-state index in [1.807, 2.05) is 5.38 Å². The maximum Gasteiger partial charge on any atom is 0.261 e. The third-order valence-electron chi connectivity index (χ3n) is 3.08. The molecule has 1 aromatic carbocycles. The minimum atomic E-state index is -0.237. The molecule has 0 saturated carbocycles. The van der Waals surface area contributed by atoms with E-state index in [2.05, 4.69) is 5.32 Å². The molecule has 0 unspecified atom stereocenters. The molecule has 0 aliphatic heterocycles. The Morgan fingerprint density at radius 3 is 2.65 bits per heavy atom. The number of likely N-dealkylation sites (N-methyl/N-ethyl adjacent to an activating group) is 1. The summed E-state index contributed by atoms with van der Waals surface area (Å²) in [5.41, 5.74) is 0. The molecule has 0 radical (unpaired) electrons. The first-order chi connectivity index (χ1) is 11.1. The molecule has 2 aromatic rings. The van der Waals surface area contributed by atoms with Gasteiger partial charge in [-0.3, -0.25) is 9.59 Å². The number of rotatable bonds is 7. The average molecular weight is 353 g/mol. The molecule has 2 rings (SSSR count). The number of carbonyl (C=O) groups is 2. The number of hydrogen-bond acceptors (Lipinski definition) is 4. The smallest absolute Gasteiger partial charge is 0.261 e. The van der Waals surface area contributed by atoms with E-state index < -0.39 is 0 Å². The molecule has 0 aliphatic carbocycles. The van der Waals surface area contributed by atoms with Crippen LogP contribution in [0.2, 0.25) is 5.02 Å². The van der Waals surface area contributed by atoms with Crippen molar-refractivity contribution in [2.75, 3.05) is 26.7 Å². The predicted molar refractivity (Wildman–Crippen MR) is 91.2 cm³/mol. The molecule has 0 saturated heterocycles. The molecule has 0 spiro atoms. The monoisotopic (exact) mass is 352 g/mol. The topological polar surface area (TPSA) is 58.6 Å². The van der Waals surface area contributed by atoms with Crippen LogP contribution in [0.15, 0.2) is 41.8 Å². The van der Waals surface area contributed by atoms with Crippen molar-refractivity contribution in [2.24, 2.45) is 0 Å². The number of nitrogens with one attached hydrogen (secondary N) is 1. The molecule has 7 heteroatoms. The molecule has 1 aromatic heterocycles. The molecule has 23 heavy (non-hydrogen) atoms. The van der Waals surface area contributed by atoms with Gasteiger partial charge in [0.1, 0.15) is 12.4 Å². The van der Waals surface area contributed by atoms with Crippen molar-refractivity contribution >= 4 is 34.8 Å². The first-order valence-corrected chi connectivity index (χ1v) is 8.26. The summed E-state index contributed by atoms with van der Waals surface area (Å²) in [6.45, 7) is 0.757. The molecule has 0 aliphatic rings. The Hall–Kier alpha value is -2.05. The van der Waals surface area contributed by atoms with E-state index in [0.717, 1.165) is 0 Å². The quantitative estimate of drug-likeness (QED) is 0.833. The minimum absolute atomic E-state index is 0.0336. The standard InChI is InChI=1S/C16H17ClN2O3S/c1-19(8-9-22-13-6-4-12(17)5-7-13)15(20)11-18-16(21)14-3-2-10-23-14/h2-7,10H,8-9,11H2,1H3,(H,18,21). The maximum atomic E-state index is 11.9. The summed E-state index contributed by atoms with van der Waals surface area (Å²) in [5.74, 6) is 0.287. The van der Waals surface area contributed by atoms with Crippen LogP contribution in [-0.4, -0.2) is 43.5 Å². The fraction of sp³-hybridized carbons (Fsp3) is 0.250. The van der Waals surface area contributed by atoms with Crippen molar-refractivity contribution in [2.45, 2.75) is 0 Å². The molecule has 2 amide bonds. The van der Waals surface area contributed by atoms with Gasteiger partial charge in [-0.25, -0.2) is 0 Å².